The fraction of sp³-hybridized carbons (Fsp3) is 0.375. The van der Waals surface area contributed by atoms with Crippen molar-refractivity contribution >= 4 is 17.2 Å². The first-order chi connectivity index (χ1) is 11.0. The largest absolute Gasteiger partial charge is 0.391 e. The lowest BCUT2D eigenvalue weighted by molar-refractivity contribution is 0.0246. The van der Waals surface area contributed by atoms with Crippen molar-refractivity contribution in [1.82, 2.24) is 9.88 Å². The van der Waals surface area contributed by atoms with Crippen molar-refractivity contribution in [2.45, 2.75) is 19.4 Å². The first-order valence-corrected chi connectivity index (χ1v) is 8.22. The molecule has 0 spiro atoms. The first kappa shape index (κ1) is 16.0. The Kier molecular flexibility index (Phi) is 4.41. The third kappa shape index (κ3) is 3.25. The molecule has 3 rings (SSSR count). The van der Waals surface area contributed by atoms with E-state index in [0.29, 0.717) is 17.1 Å². The predicted octanol–water partition coefficient (Wildman–Crippen LogP) is 2.93. The van der Waals surface area contributed by atoms with E-state index in [4.69, 9.17) is 0 Å². The molecular formula is C16H16F2N2O2S. The number of likely N-dealkylation sites (tertiary alicyclic amines) is 1. The Balaban J connectivity index is 1.78. The van der Waals surface area contributed by atoms with Crippen LogP contribution in [-0.2, 0) is 0 Å². The van der Waals surface area contributed by atoms with Crippen LogP contribution in [0, 0.1) is 17.6 Å². The van der Waals surface area contributed by atoms with Crippen LogP contribution in [0.1, 0.15) is 23.8 Å². The zero-order valence-electron chi connectivity index (χ0n) is 12.5. The Hall–Kier alpha value is -1.86. The third-order valence-electron chi connectivity index (χ3n) is 4.10. The van der Waals surface area contributed by atoms with Crippen molar-refractivity contribution in [1.29, 1.82) is 0 Å². The smallest absolute Gasteiger partial charge is 0.273 e. The Bertz CT molecular complexity index is 735. The number of hydrogen-bond acceptors (Lipinski definition) is 4. The molecule has 1 fully saturated rings. The molecular weight excluding hydrogens is 322 g/mol. The zero-order chi connectivity index (χ0) is 16.6. The molecule has 2 aromatic rings. The summed E-state index contributed by atoms with van der Waals surface area (Å²) >= 11 is 1.20. The maximum absolute atomic E-state index is 13.3. The van der Waals surface area contributed by atoms with Gasteiger partial charge in [0.05, 0.1) is 6.10 Å². The molecule has 122 valence electrons. The molecule has 4 nitrogen and oxygen atoms in total. The summed E-state index contributed by atoms with van der Waals surface area (Å²) in [5.74, 6) is -1.94. The first-order valence-electron chi connectivity index (χ1n) is 7.34. The van der Waals surface area contributed by atoms with E-state index < -0.39 is 17.7 Å². The summed E-state index contributed by atoms with van der Waals surface area (Å²) in [6.07, 6.45) is 0.213. The fourth-order valence-corrected chi connectivity index (χ4v) is 3.32. The van der Waals surface area contributed by atoms with Gasteiger partial charge in [0.25, 0.3) is 5.91 Å². The number of halogens is 2. The van der Waals surface area contributed by atoms with Gasteiger partial charge in [0.15, 0.2) is 11.6 Å². The maximum Gasteiger partial charge on any atom is 0.273 e. The van der Waals surface area contributed by atoms with Crippen LogP contribution >= 0.6 is 11.3 Å². The van der Waals surface area contributed by atoms with Gasteiger partial charge >= 0.3 is 0 Å². The Morgan fingerprint density at radius 3 is 2.87 bits per heavy atom. The fourth-order valence-electron chi connectivity index (χ4n) is 2.53. The number of aromatic nitrogens is 1. The lowest BCUT2D eigenvalue weighted by Crippen LogP contribution is -2.45. The van der Waals surface area contributed by atoms with Crippen LogP contribution < -0.4 is 0 Å². The maximum atomic E-state index is 13.3. The van der Waals surface area contributed by atoms with Gasteiger partial charge in [-0.3, -0.25) is 4.79 Å². The number of aliphatic hydroxyl groups excluding tert-OH is 1. The highest BCUT2D eigenvalue weighted by molar-refractivity contribution is 7.13. The minimum atomic E-state index is -0.946. The van der Waals surface area contributed by atoms with Crippen molar-refractivity contribution in [3.05, 3.63) is 40.9 Å². The lowest BCUT2D eigenvalue weighted by atomic mass is 9.96. The van der Waals surface area contributed by atoms with E-state index in [1.165, 1.54) is 17.4 Å². The van der Waals surface area contributed by atoms with Crippen LogP contribution in [-0.4, -0.2) is 40.1 Å². The molecule has 23 heavy (non-hydrogen) atoms. The van der Waals surface area contributed by atoms with Crippen molar-refractivity contribution in [2.24, 2.45) is 5.92 Å². The molecule has 1 N–H and O–H groups in total. The van der Waals surface area contributed by atoms with E-state index >= 15 is 0 Å². The van der Waals surface area contributed by atoms with Crippen LogP contribution in [0.4, 0.5) is 8.78 Å². The number of carbonyl (C=O) groups is 1. The minimum Gasteiger partial charge on any atom is -0.391 e. The van der Waals surface area contributed by atoms with Gasteiger partial charge in [0.1, 0.15) is 10.7 Å². The summed E-state index contributed by atoms with van der Waals surface area (Å²) in [4.78, 5) is 18.2. The molecule has 0 aliphatic carbocycles. The normalized spacial score (nSPS) is 21.5. The number of amides is 1. The van der Waals surface area contributed by atoms with Crippen molar-refractivity contribution in [3.8, 4) is 10.6 Å². The summed E-state index contributed by atoms with van der Waals surface area (Å²) in [7, 11) is 0. The minimum absolute atomic E-state index is 0.173. The number of β-amino-alcohol motifs (C(OH)–C–C–N with tert-alkyl or cyclic N) is 1. The van der Waals surface area contributed by atoms with Crippen LogP contribution in [0.15, 0.2) is 23.6 Å². The number of nitrogens with zero attached hydrogens (tertiary/aromatic N) is 2. The topological polar surface area (TPSA) is 53.4 Å². The molecule has 1 aromatic carbocycles. The van der Waals surface area contributed by atoms with E-state index in [9.17, 15) is 18.7 Å². The molecule has 1 saturated heterocycles. The zero-order valence-corrected chi connectivity index (χ0v) is 13.3. The van der Waals surface area contributed by atoms with Crippen LogP contribution in [0.5, 0.6) is 0 Å². The average Bonchev–Trinajstić information content (AvgIpc) is 3.02. The van der Waals surface area contributed by atoms with E-state index in [1.807, 2.05) is 6.92 Å². The Morgan fingerprint density at radius 1 is 1.39 bits per heavy atom. The standard InChI is InChI=1S/C16H16F2N2O2S/c1-9-4-5-20(7-14(9)21)16(22)13-8-23-15(19-13)10-2-3-11(17)12(18)6-10/h2-3,6,8-9,14,21H,4-5,7H2,1H3. The van der Waals surface area contributed by atoms with Gasteiger partial charge in [0, 0.05) is 24.0 Å². The lowest BCUT2D eigenvalue weighted by Gasteiger charge is -2.33. The molecule has 0 saturated carbocycles. The number of benzene rings is 1. The van der Waals surface area contributed by atoms with Gasteiger partial charge in [0.2, 0.25) is 0 Å². The molecule has 7 heteroatoms. The monoisotopic (exact) mass is 338 g/mol. The van der Waals surface area contributed by atoms with Gasteiger partial charge in [-0.1, -0.05) is 6.92 Å². The van der Waals surface area contributed by atoms with E-state index in [2.05, 4.69) is 4.98 Å². The Labute approximate surface area is 136 Å². The second-order valence-electron chi connectivity index (χ2n) is 5.75. The van der Waals surface area contributed by atoms with E-state index in [1.54, 1.807) is 10.3 Å². The van der Waals surface area contributed by atoms with Crippen molar-refractivity contribution in [3.63, 3.8) is 0 Å². The molecule has 1 aliphatic heterocycles. The number of rotatable bonds is 2. The van der Waals surface area contributed by atoms with Gasteiger partial charge in [-0.2, -0.15) is 0 Å². The van der Waals surface area contributed by atoms with Crippen molar-refractivity contribution < 1.29 is 18.7 Å². The number of thiazole rings is 1. The molecule has 1 aromatic heterocycles. The predicted molar refractivity (Wildman–Crippen MR) is 83.2 cm³/mol. The third-order valence-corrected chi connectivity index (χ3v) is 4.99. The Morgan fingerprint density at radius 2 is 2.17 bits per heavy atom. The molecule has 1 aliphatic rings. The van der Waals surface area contributed by atoms with Gasteiger partial charge in [-0.15, -0.1) is 11.3 Å². The summed E-state index contributed by atoms with van der Waals surface area (Å²) in [5.41, 5.74) is 0.691. The van der Waals surface area contributed by atoms with Crippen LogP contribution in [0.25, 0.3) is 10.6 Å². The summed E-state index contributed by atoms with van der Waals surface area (Å²) in [6.45, 7) is 2.82. The van der Waals surface area contributed by atoms with Crippen LogP contribution in [0.2, 0.25) is 0 Å². The van der Waals surface area contributed by atoms with E-state index in [0.717, 1.165) is 18.6 Å². The van der Waals surface area contributed by atoms with Crippen LogP contribution in [0.3, 0.4) is 0 Å². The second-order valence-corrected chi connectivity index (χ2v) is 6.61. The summed E-state index contributed by atoms with van der Waals surface area (Å²) in [5, 5.41) is 12.0. The molecule has 2 unspecified atom stereocenters. The van der Waals surface area contributed by atoms with Gasteiger partial charge in [-0.05, 0) is 30.5 Å². The average molecular weight is 338 g/mol. The number of aliphatic hydroxyl groups is 1. The summed E-state index contributed by atoms with van der Waals surface area (Å²) < 4.78 is 26.3. The van der Waals surface area contributed by atoms with Gasteiger partial charge < -0.3 is 10.0 Å². The second kappa shape index (κ2) is 6.33. The number of carbonyl (C=O) groups excluding carboxylic acids is 1. The molecule has 1 amide bonds. The quantitative estimate of drug-likeness (QED) is 0.916. The molecule has 0 radical (unpaired) electrons. The highest BCUT2D eigenvalue weighted by Gasteiger charge is 2.29. The molecule has 2 heterocycles. The van der Waals surface area contributed by atoms with Crippen molar-refractivity contribution in [2.75, 3.05) is 13.1 Å². The highest BCUT2D eigenvalue weighted by Crippen LogP contribution is 2.26. The van der Waals surface area contributed by atoms with E-state index in [-0.39, 0.29) is 24.1 Å². The number of piperidine rings is 1. The van der Waals surface area contributed by atoms with Gasteiger partial charge in [-0.25, -0.2) is 13.8 Å². The molecule has 2 atom stereocenters. The SMILES string of the molecule is CC1CCN(C(=O)c2csc(-c3ccc(F)c(F)c3)n2)CC1O. The highest BCUT2D eigenvalue weighted by atomic mass is 32.1. The number of hydrogen-bond donors (Lipinski definition) is 1. The summed E-state index contributed by atoms with van der Waals surface area (Å²) in [6, 6.07) is 3.53. The molecule has 0 bridgehead atoms.